The quantitative estimate of drug-likeness (QED) is 0.765. The molecule has 7 heteroatoms. The zero-order chi connectivity index (χ0) is 16.9. The Morgan fingerprint density at radius 3 is 2.96 bits per heavy atom. The van der Waals surface area contributed by atoms with Gasteiger partial charge in [-0.3, -0.25) is 9.78 Å². The highest BCUT2D eigenvalue weighted by molar-refractivity contribution is 7.13. The van der Waals surface area contributed by atoms with E-state index in [1.807, 2.05) is 0 Å². The Hall–Kier alpha value is -2.80. The van der Waals surface area contributed by atoms with Gasteiger partial charge in [-0.05, 0) is 37.3 Å². The van der Waals surface area contributed by atoms with Crippen LogP contribution in [0.15, 0.2) is 48.8 Å². The van der Waals surface area contributed by atoms with Gasteiger partial charge in [0.2, 0.25) is 0 Å². The number of nitrogens with one attached hydrogen (secondary N) is 1. The van der Waals surface area contributed by atoms with Crippen LogP contribution >= 0.6 is 11.3 Å². The molecular weight excluding hydrogens is 329 g/mol. The lowest BCUT2D eigenvalue weighted by Crippen LogP contribution is -2.11. The van der Waals surface area contributed by atoms with Crippen LogP contribution in [0, 0.1) is 12.7 Å². The van der Waals surface area contributed by atoms with Crippen molar-refractivity contribution in [3.8, 4) is 5.75 Å². The van der Waals surface area contributed by atoms with Gasteiger partial charge in [-0.2, -0.15) is 0 Å². The number of carbonyl (C=O) groups is 1. The summed E-state index contributed by atoms with van der Waals surface area (Å²) < 4.78 is 18.8. The molecule has 0 saturated heterocycles. The first kappa shape index (κ1) is 16.1. The second-order valence-corrected chi connectivity index (χ2v) is 6.05. The molecule has 0 unspecified atom stereocenters. The van der Waals surface area contributed by atoms with E-state index in [4.69, 9.17) is 4.74 Å². The summed E-state index contributed by atoms with van der Waals surface area (Å²) in [7, 11) is 0. The van der Waals surface area contributed by atoms with Crippen LogP contribution in [0.2, 0.25) is 0 Å². The summed E-state index contributed by atoms with van der Waals surface area (Å²) in [5.74, 6) is -0.0845. The second kappa shape index (κ2) is 7.18. The SMILES string of the molecule is Cc1nc(COc2cccnc2)sc1C(=O)Nc1cccc(F)c1. The van der Waals surface area contributed by atoms with Gasteiger partial charge in [0.05, 0.1) is 11.9 Å². The largest absolute Gasteiger partial charge is 0.485 e. The predicted molar refractivity (Wildman–Crippen MR) is 89.8 cm³/mol. The number of pyridine rings is 1. The van der Waals surface area contributed by atoms with Crippen LogP contribution in [0.25, 0.3) is 0 Å². The number of benzene rings is 1. The third-order valence-electron chi connectivity index (χ3n) is 3.13. The van der Waals surface area contributed by atoms with Gasteiger partial charge < -0.3 is 10.1 Å². The van der Waals surface area contributed by atoms with E-state index in [1.54, 1.807) is 37.5 Å². The van der Waals surface area contributed by atoms with Crippen molar-refractivity contribution in [3.05, 3.63) is 70.2 Å². The molecule has 2 heterocycles. The van der Waals surface area contributed by atoms with E-state index in [2.05, 4.69) is 15.3 Å². The highest BCUT2D eigenvalue weighted by Gasteiger charge is 2.16. The van der Waals surface area contributed by atoms with Crippen LogP contribution in [-0.2, 0) is 6.61 Å². The minimum absolute atomic E-state index is 0.254. The standard InChI is InChI=1S/C17H14FN3O2S/c1-11-16(17(22)21-13-5-2-4-12(18)8-13)24-15(20-11)10-23-14-6-3-7-19-9-14/h2-9H,10H2,1H3,(H,21,22). The molecule has 1 N–H and O–H groups in total. The Labute approximate surface area is 142 Å². The van der Waals surface area contributed by atoms with Gasteiger partial charge in [0.1, 0.15) is 28.1 Å². The number of aromatic nitrogens is 2. The maximum atomic E-state index is 13.2. The molecule has 0 aliphatic heterocycles. The Bertz CT molecular complexity index is 852. The number of anilines is 1. The minimum atomic E-state index is -0.403. The van der Waals surface area contributed by atoms with Crippen LogP contribution in [0.3, 0.4) is 0 Å². The van der Waals surface area contributed by atoms with E-state index in [0.717, 1.165) is 0 Å². The van der Waals surface area contributed by atoms with Gasteiger partial charge in [-0.15, -0.1) is 11.3 Å². The fourth-order valence-electron chi connectivity index (χ4n) is 2.06. The molecule has 3 rings (SSSR count). The number of hydrogen-bond donors (Lipinski definition) is 1. The molecule has 0 aliphatic rings. The fraction of sp³-hybridized carbons (Fsp3) is 0.118. The maximum absolute atomic E-state index is 13.2. The molecule has 3 aromatic rings. The molecule has 1 amide bonds. The van der Waals surface area contributed by atoms with E-state index < -0.39 is 5.82 Å². The van der Waals surface area contributed by atoms with Crippen molar-refractivity contribution >= 4 is 22.9 Å². The summed E-state index contributed by atoms with van der Waals surface area (Å²) >= 11 is 1.25. The zero-order valence-corrected chi connectivity index (χ0v) is 13.6. The number of ether oxygens (including phenoxy) is 1. The van der Waals surface area contributed by atoms with E-state index >= 15 is 0 Å². The lowest BCUT2D eigenvalue weighted by Gasteiger charge is -2.03. The second-order valence-electron chi connectivity index (χ2n) is 4.96. The van der Waals surface area contributed by atoms with Crippen LogP contribution in [0.1, 0.15) is 20.4 Å². The van der Waals surface area contributed by atoms with E-state index in [0.29, 0.717) is 27.0 Å². The van der Waals surface area contributed by atoms with Crippen molar-refractivity contribution in [2.45, 2.75) is 13.5 Å². The minimum Gasteiger partial charge on any atom is -0.485 e. The van der Waals surface area contributed by atoms with Gasteiger partial charge in [0.25, 0.3) is 5.91 Å². The van der Waals surface area contributed by atoms with Crippen molar-refractivity contribution in [3.63, 3.8) is 0 Å². The maximum Gasteiger partial charge on any atom is 0.267 e. The van der Waals surface area contributed by atoms with Crippen molar-refractivity contribution in [2.24, 2.45) is 0 Å². The Kier molecular flexibility index (Phi) is 4.81. The molecule has 0 fully saturated rings. The number of nitrogens with zero attached hydrogens (tertiary/aromatic N) is 2. The summed E-state index contributed by atoms with van der Waals surface area (Å²) in [6, 6.07) is 9.33. The molecule has 0 spiro atoms. The summed E-state index contributed by atoms with van der Waals surface area (Å²) in [6.45, 7) is 2.01. The zero-order valence-electron chi connectivity index (χ0n) is 12.8. The first-order chi connectivity index (χ1) is 11.6. The van der Waals surface area contributed by atoms with Gasteiger partial charge >= 0.3 is 0 Å². The molecule has 2 aromatic heterocycles. The third kappa shape index (κ3) is 3.94. The average molecular weight is 343 g/mol. The lowest BCUT2D eigenvalue weighted by molar-refractivity contribution is 0.103. The number of aryl methyl sites for hydroxylation is 1. The Balaban J connectivity index is 1.68. The van der Waals surface area contributed by atoms with Crippen molar-refractivity contribution in [1.29, 1.82) is 0 Å². The summed E-state index contributed by atoms with van der Waals surface area (Å²) in [5, 5.41) is 3.35. The molecule has 0 saturated carbocycles. The third-order valence-corrected chi connectivity index (χ3v) is 4.26. The van der Waals surface area contributed by atoms with Gasteiger partial charge in [0, 0.05) is 11.9 Å². The van der Waals surface area contributed by atoms with Crippen LogP contribution in [0.4, 0.5) is 10.1 Å². The summed E-state index contributed by atoms with van der Waals surface area (Å²) in [5.41, 5.74) is 1.01. The molecule has 0 radical (unpaired) electrons. The number of amides is 1. The molecule has 122 valence electrons. The van der Waals surface area contributed by atoms with Gasteiger partial charge in [-0.1, -0.05) is 6.07 Å². The normalized spacial score (nSPS) is 10.4. The number of rotatable bonds is 5. The molecule has 24 heavy (non-hydrogen) atoms. The van der Waals surface area contributed by atoms with Crippen molar-refractivity contribution in [1.82, 2.24) is 9.97 Å². The number of hydrogen-bond acceptors (Lipinski definition) is 5. The number of halogens is 1. The fourth-order valence-corrected chi connectivity index (χ4v) is 2.93. The van der Waals surface area contributed by atoms with Gasteiger partial charge in [0.15, 0.2) is 0 Å². The van der Waals surface area contributed by atoms with Gasteiger partial charge in [-0.25, -0.2) is 9.37 Å². The number of carbonyl (C=O) groups excluding carboxylic acids is 1. The Morgan fingerprint density at radius 2 is 2.21 bits per heavy atom. The summed E-state index contributed by atoms with van der Waals surface area (Å²) in [6.07, 6.45) is 3.27. The van der Waals surface area contributed by atoms with Crippen LogP contribution < -0.4 is 10.1 Å². The van der Waals surface area contributed by atoms with E-state index in [-0.39, 0.29) is 12.5 Å². The van der Waals surface area contributed by atoms with Crippen LogP contribution in [-0.4, -0.2) is 15.9 Å². The highest BCUT2D eigenvalue weighted by Crippen LogP contribution is 2.21. The molecule has 0 aliphatic carbocycles. The topological polar surface area (TPSA) is 64.1 Å². The molecule has 0 atom stereocenters. The van der Waals surface area contributed by atoms with Crippen molar-refractivity contribution in [2.75, 3.05) is 5.32 Å². The summed E-state index contributed by atoms with van der Waals surface area (Å²) in [4.78, 5) is 21.1. The molecular formula is C17H14FN3O2S. The van der Waals surface area contributed by atoms with Crippen LogP contribution in [0.5, 0.6) is 5.75 Å². The number of thiazole rings is 1. The first-order valence-corrected chi connectivity index (χ1v) is 7.99. The molecule has 5 nitrogen and oxygen atoms in total. The average Bonchev–Trinajstić information content (AvgIpc) is 2.95. The predicted octanol–water partition coefficient (Wildman–Crippen LogP) is 3.82. The molecule has 0 bridgehead atoms. The monoisotopic (exact) mass is 343 g/mol. The first-order valence-electron chi connectivity index (χ1n) is 7.18. The van der Waals surface area contributed by atoms with E-state index in [1.165, 1.54) is 29.5 Å². The lowest BCUT2D eigenvalue weighted by atomic mass is 10.3. The Morgan fingerprint density at radius 1 is 1.33 bits per heavy atom. The molecule has 1 aromatic carbocycles. The highest BCUT2D eigenvalue weighted by atomic mass is 32.1. The van der Waals surface area contributed by atoms with E-state index in [9.17, 15) is 9.18 Å². The van der Waals surface area contributed by atoms with Crippen molar-refractivity contribution < 1.29 is 13.9 Å². The smallest absolute Gasteiger partial charge is 0.267 e.